The molecule has 4 heteroatoms. The van der Waals surface area contributed by atoms with Crippen LogP contribution in [-0.2, 0) is 0 Å². The SMILES string of the molecule is Cc1cc(N2CCN(C)C(C)C2)c([C@@H](C)O)cc1F. The van der Waals surface area contributed by atoms with Gasteiger partial charge in [0.15, 0.2) is 0 Å². The van der Waals surface area contributed by atoms with E-state index in [1.807, 2.05) is 6.07 Å². The minimum atomic E-state index is -0.653. The van der Waals surface area contributed by atoms with E-state index in [-0.39, 0.29) is 5.82 Å². The lowest BCUT2D eigenvalue weighted by molar-refractivity contribution is 0.197. The first-order valence-corrected chi connectivity index (χ1v) is 6.83. The van der Waals surface area contributed by atoms with Crippen molar-refractivity contribution in [3.05, 3.63) is 29.1 Å². The van der Waals surface area contributed by atoms with E-state index in [4.69, 9.17) is 0 Å². The number of anilines is 1. The van der Waals surface area contributed by atoms with Crippen molar-refractivity contribution in [2.45, 2.75) is 32.9 Å². The molecule has 0 spiro atoms. The Hall–Kier alpha value is -1.13. The van der Waals surface area contributed by atoms with Gasteiger partial charge in [-0.3, -0.25) is 0 Å². The number of benzene rings is 1. The zero-order chi connectivity index (χ0) is 14.2. The van der Waals surface area contributed by atoms with Crippen molar-refractivity contribution < 1.29 is 9.50 Å². The molecule has 1 N–H and O–H groups in total. The fourth-order valence-electron chi connectivity index (χ4n) is 2.56. The predicted molar refractivity (Wildman–Crippen MR) is 76.1 cm³/mol. The van der Waals surface area contributed by atoms with E-state index in [1.165, 1.54) is 6.07 Å². The van der Waals surface area contributed by atoms with Crippen LogP contribution in [0.1, 0.15) is 31.1 Å². The molecule has 2 rings (SSSR count). The summed E-state index contributed by atoms with van der Waals surface area (Å²) in [6.45, 7) is 8.44. The van der Waals surface area contributed by atoms with Gasteiger partial charge in [0, 0.05) is 36.9 Å². The highest BCUT2D eigenvalue weighted by atomic mass is 19.1. The molecule has 1 saturated heterocycles. The Morgan fingerprint density at radius 2 is 2.05 bits per heavy atom. The second-order valence-electron chi connectivity index (χ2n) is 5.61. The Bertz CT molecular complexity index is 462. The summed E-state index contributed by atoms with van der Waals surface area (Å²) in [6, 6.07) is 3.79. The van der Waals surface area contributed by atoms with E-state index in [2.05, 4.69) is 23.8 Å². The molecular formula is C15H23FN2O. The van der Waals surface area contributed by atoms with E-state index >= 15 is 0 Å². The van der Waals surface area contributed by atoms with E-state index in [1.54, 1.807) is 13.8 Å². The topological polar surface area (TPSA) is 26.7 Å². The van der Waals surface area contributed by atoms with Crippen molar-refractivity contribution in [2.75, 3.05) is 31.6 Å². The molecule has 1 aromatic rings. The minimum absolute atomic E-state index is 0.248. The number of hydrogen-bond acceptors (Lipinski definition) is 3. The van der Waals surface area contributed by atoms with Gasteiger partial charge in [-0.15, -0.1) is 0 Å². The van der Waals surface area contributed by atoms with Crippen LogP contribution in [0.5, 0.6) is 0 Å². The lowest BCUT2D eigenvalue weighted by atomic mass is 10.0. The Kier molecular flexibility index (Phi) is 4.11. The molecule has 1 unspecified atom stereocenters. The molecule has 1 aromatic carbocycles. The van der Waals surface area contributed by atoms with Crippen LogP contribution in [0.25, 0.3) is 0 Å². The summed E-state index contributed by atoms with van der Waals surface area (Å²) >= 11 is 0. The van der Waals surface area contributed by atoms with Crippen molar-refractivity contribution in [1.29, 1.82) is 0 Å². The minimum Gasteiger partial charge on any atom is -0.389 e. The summed E-state index contributed by atoms with van der Waals surface area (Å²) in [7, 11) is 2.12. The third kappa shape index (κ3) is 2.90. The number of likely N-dealkylation sites (N-methyl/N-ethyl adjacent to an activating group) is 1. The van der Waals surface area contributed by atoms with Crippen molar-refractivity contribution in [2.24, 2.45) is 0 Å². The van der Waals surface area contributed by atoms with Crippen molar-refractivity contribution in [1.82, 2.24) is 4.90 Å². The van der Waals surface area contributed by atoms with Gasteiger partial charge in [-0.2, -0.15) is 0 Å². The van der Waals surface area contributed by atoms with E-state index in [9.17, 15) is 9.50 Å². The van der Waals surface area contributed by atoms with Gasteiger partial charge in [0.1, 0.15) is 5.82 Å². The summed E-state index contributed by atoms with van der Waals surface area (Å²) in [5, 5.41) is 9.86. The highest BCUT2D eigenvalue weighted by Gasteiger charge is 2.24. The summed E-state index contributed by atoms with van der Waals surface area (Å²) in [5.41, 5.74) is 2.28. The standard InChI is InChI=1S/C15H23FN2O/c1-10-7-15(13(12(3)19)8-14(10)16)18-6-5-17(4)11(2)9-18/h7-8,11-12,19H,5-6,9H2,1-4H3/t11?,12-/m1/s1. The maximum Gasteiger partial charge on any atom is 0.126 e. The number of hydrogen-bond donors (Lipinski definition) is 1. The Balaban J connectivity index is 2.35. The number of aliphatic hydroxyl groups is 1. The highest BCUT2D eigenvalue weighted by molar-refractivity contribution is 5.57. The Labute approximate surface area is 114 Å². The molecule has 0 bridgehead atoms. The quantitative estimate of drug-likeness (QED) is 0.890. The molecule has 1 aliphatic rings. The molecule has 2 atom stereocenters. The molecule has 3 nitrogen and oxygen atoms in total. The molecule has 0 radical (unpaired) electrons. The van der Waals surface area contributed by atoms with Crippen molar-refractivity contribution >= 4 is 5.69 Å². The average molecular weight is 266 g/mol. The summed E-state index contributed by atoms with van der Waals surface area (Å²) in [4.78, 5) is 4.56. The first kappa shape index (κ1) is 14.3. The molecule has 0 aromatic heterocycles. The van der Waals surface area contributed by atoms with Gasteiger partial charge < -0.3 is 14.9 Å². The van der Waals surface area contributed by atoms with E-state index in [0.717, 1.165) is 25.3 Å². The molecule has 0 saturated carbocycles. The normalized spacial score (nSPS) is 22.6. The molecule has 0 aliphatic carbocycles. The summed E-state index contributed by atoms with van der Waals surface area (Å²) in [6.07, 6.45) is -0.653. The van der Waals surface area contributed by atoms with Crippen LogP contribution in [0.3, 0.4) is 0 Å². The largest absolute Gasteiger partial charge is 0.389 e. The molecule has 0 amide bonds. The number of rotatable bonds is 2. The van der Waals surface area contributed by atoms with Gasteiger partial charge in [-0.1, -0.05) is 0 Å². The fourth-order valence-corrected chi connectivity index (χ4v) is 2.56. The zero-order valence-corrected chi connectivity index (χ0v) is 12.2. The highest BCUT2D eigenvalue weighted by Crippen LogP contribution is 2.30. The van der Waals surface area contributed by atoms with Gasteiger partial charge in [0.2, 0.25) is 0 Å². The van der Waals surface area contributed by atoms with Crippen LogP contribution in [0, 0.1) is 12.7 Å². The molecule has 1 heterocycles. The third-order valence-electron chi connectivity index (χ3n) is 4.06. The number of nitrogens with zero attached hydrogens (tertiary/aromatic N) is 2. The molecule has 106 valence electrons. The lowest BCUT2D eigenvalue weighted by Gasteiger charge is -2.40. The number of aryl methyl sites for hydroxylation is 1. The molecule has 1 aliphatic heterocycles. The van der Waals surface area contributed by atoms with Crippen LogP contribution < -0.4 is 4.90 Å². The summed E-state index contributed by atoms with van der Waals surface area (Å²) in [5.74, 6) is -0.248. The fraction of sp³-hybridized carbons (Fsp3) is 0.600. The average Bonchev–Trinajstić information content (AvgIpc) is 2.35. The van der Waals surface area contributed by atoms with Gasteiger partial charge in [0.05, 0.1) is 6.10 Å². The third-order valence-corrected chi connectivity index (χ3v) is 4.06. The number of aliphatic hydroxyl groups excluding tert-OH is 1. The van der Waals surface area contributed by atoms with Crippen LogP contribution in [0.2, 0.25) is 0 Å². The number of halogens is 1. The second-order valence-corrected chi connectivity index (χ2v) is 5.61. The maximum absolute atomic E-state index is 13.7. The maximum atomic E-state index is 13.7. The van der Waals surface area contributed by atoms with E-state index < -0.39 is 6.10 Å². The Morgan fingerprint density at radius 1 is 1.37 bits per heavy atom. The monoisotopic (exact) mass is 266 g/mol. The van der Waals surface area contributed by atoms with Crippen LogP contribution in [0.15, 0.2) is 12.1 Å². The smallest absolute Gasteiger partial charge is 0.126 e. The van der Waals surface area contributed by atoms with Gasteiger partial charge in [-0.25, -0.2) is 4.39 Å². The van der Waals surface area contributed by atoms with Crippen LogP contribution in [0.4, 0.5) is 10.1 Å². The van der Waals surface area contributed by atoms with Crippen LogP contribution >= 0.6 is 0 Å². The molecule has 19 heavy (non-hydrogen) atoms. The van der Waals surface area contributed by atoms with E-state index in [0.29, 0.717) is 17.2 Å². The first-order valence-electron chi connectivity index (χ1n) is 6.83. The Morgan fingerprint density at radius 3 is 2.63 bits per heavy atom. The molecule has 1 fully saturated rings. The predicted octanol–water partition coefficient (Wildman–Crippen LogP) is 2.33. The van der Waals surface area contributed by atoms with Gasteiger partial charge >= 0.3 is 0 Å². The zero-order valence-electron chi connectivity index (χ0n) is 12.2. The molecular weight excluding hydrogens is 243 g/mol. The first-order chi connectivity index (χ1) is 8.90. The lowest BCUT2D eigenvalue weighted by Crippen LogP contribution is -2.50. The summed E-state index contributed by atoms with van der Waals surface area (Å²) < 4.78 is 13.7. The van der Waals surface area contributed by atoms with Gasteiger partial charge in [-0.05, 0) is 45.5 Å². The number of piperazine rings is 1. The second kappa shape index (κ2) is 5.47. The van der Waals surface area contributed by atoms with Crippen molar-refractivity contribution in [3.63, 3.8) is 0 Å². The van der Waals surface area contributed by atoms with Gasteiger partial charge in [0.25, 0.3) is 0 Å². The van der Waals surface area contributed by atoms with Crippen LogP contribution in [-0.4, -0.2) is 42.7 Å². The van der Waals surface area contributed by atoms with Crippen molar-refractivity contribution in [3.8, 4) is 0 Å².